The van der Waals surface area contributed by atoms with Crippen LogP contribution < -0.4 is 0 Å². The molecule has 2 aliphatic rings. The molecule has 0 radical (unpaired) electrons. The zero-order valence-electron chi connectivity index (χ0n) is 6.82. The minimum Gasteiger partial charge on any atom is -0.392 e. The second kappa shape index (κ2) is 2.19. The van der Waals surface area contributed by atoms with Crippen LogP contribution in [0.4, 0.5) is 0 Å². The zero-order valence-corrected chi connectivity index (χ0v) is 6.82. The lowest BCUT2D eigenvalue weighted by Gasteiger charge is -2.25. The van der Waals surface area contributed by atoms with Crippen molar-refractivity contribution in [3.63, 3.8) is 0 Å². The second-order valence-corrected chi connectivity index (χ2v) is 4.12. The maximum Gasteiger partial charge on any atom is 0.0684 e. The van der Waals surface area contributed by atoms with Crippen molar-refractivity contribution in [1.82, 2.24) is 4.90 Å². The summed E-state index contributed by atoms with van der Waals surface area (Å²) in [6.07, 6.45) is 1.30. The van der Waals surface area contributed by atoms with Gasteiger partial charge >= 0.3 is 0 Å². The average Bonchev–Trinajstić information content (AvgIpc) is 2.16. The van der Waals surface area contributed by atoms with Crippen molar-refractivity contribution < 1.29 is 10.2 Å². The fourth-order valence-electron chi connectivity index (χ4n) is 2.51. The summed E-state index contributed by atoms with van der Waals surface area (Å²) in [5, 5.41) is 18.7. The molecule has 2 fully saturated rings. The Morgan fingerprint density at radius 2 is 1.64 bits per heavy atom. The highest BCUT2D eigenvalue weighted by Gasteiger charge is 2.47. The third-order valence-electron chi connectivity index (χ3n) is 2.98. The predicted octanol–water partition coefficient (Wildman–Crippen LogP) is -0.424. The van der Waals surface area contributed by atoms with Gasteiger partial charge in [0.15, 0.2) is 0 Å². The number of β-amino-alcohol motifs (C(OH)–C–C–N with tert-alkyl or cyclic N) is 2. The van der Waals surface area contributed by atoms with Crippen LogP contribution in [-0.2, 0) is 0 Å². The van der Waals surface area contributed by atoms with E-state index in [4.69, 9.17) is 0 Å². The Kier molecular flexibility index (Phi) is 1.50. The Balaban J connectivity index is 2.13. The quantitative estimate of drug-likeness (QED) is 0.502. The van der Waals surface area contributed by atoms with E-state index in [9.17, 15) is 10.2 Å². The number of aliphatic hydroxyl groups excluding tert-OH is 2. The first kappa shape index (κ1) is 7.53. The van der Waals surface area contributed by atoms with Gasteiger partial charge in [0.05, 0.1) is 12.2 Å². The Morgan fingerprint density at radius 3 is 2.00 bits per heavy atom. The maximum atomic E-state index is 9.36. The highest BCUT2D eigenvalue weighted by Crippen LogP contribution is 2.38. The first-order valence-electron chi connectivity index (χ1n) is 4.21. The van der Waals surface area contributed by atoms with Crippen LogP contribution in [0.25, 0.3) is 0 Å². The Hall–Kier alpha value is -0.120. The van der Waals surface area contributed by atoms with Crippen LogP contribution in [0.3, 0.4) is 0 Å². The van der Waals surface area contributed by atoms with Crippen molar-refractivity contribution in [2.45, 2.75) is 37.5 Å². The van der Waals surface area contributed by atoms with Crippen molar-refractivity contribution in [2.75, 3.05) is 13.1 Å². The van der Waals surface area contributed by atoms with Crippen molar-refractivity contribution in [1.29, 1.82) is 0 Å². The standard InChI is InChI=1S/C8H15NO2/c1-8-2-6(10)4-9(8)5-7(11)3-8/h6-7,10-11H,2-5H2,1H3. The molecular weight excluding hydrogens is 142 g/mol. The molecular formula is C8H15NO2. The summed E-state index contributed by atoms with van der Waals surface area (Å²) in [4.78, 5) is 2.20. The van der Waals surface area contributed by atoms with Crippen LogP contribution in [0.1, 0.15) is 19.8 Å². The summed E-state index contributed by atoms with van der Waals surface area (Å²) in [6.45, 7) is 3.61. The summed E-state index contributed by atoms with van der Waals surface area (Å²) >= 11 is 0. The van der Waals surface area contributed by atoms with E-state index in [1.165, 1.54) is 0 Å². The van der Waals surface area contributed by atoms with Crippen LogP contribution in [0, 0.1) is 0 Å². The van der Waals surface area contributed by atoms with Crippen molar-refractivity contribution in [3.8, 4) is 0 Å². The largest absolute Gasteiger partial charge is 0.392 e. The van der Waals surface area contributed by atoms with Gasteiger partial charge in [-0.15, -0.1) is 0 Å². The van der Waals surface area contributed by atoms with Gasteiger partial charge in [0, 0.05) is 18.6 Å². The molecule has 0 saturated carbocycles. The highest BCUT2D eigenvalue weighted by molar-refractivity contribution is 5.03. The minimum atomic E-state index is -0.174. The average molecular weight is 157 g/mol. The molecule has 0 aromatic carbocycles. The number of hydrogen-bond donors (Lipinski definition) is 2. The fourth-order valence-corrected chi connectivity index (χ4v) is 2.51. The van der Waals surface area contributed by atoms with Crippen molar-refractivity contribution in [3.05, 3.63) is 0 Å². The molecule has 2 rings (SSSR count). The molecule has 2 aliphatic heterocycles. The Bertz CT molecular complexity index is 157. The first-order chi connectivity index (χ1) is 5.10. The fraction of sp³-hybridized carbons (Fsp3) is 1.00. The highest BCUT2D eigenvalue weighted by atomic mass is 16.3. The lowest BCUT2D eigenvalue weighted by atomic mass is 9.95. The molecule has 3 nitrogen and oxygen atoms in total. The summed E-state index contributed by atoms with van der Waals surface area (Å²) in [6, 6.07) is 0. The van der Waals surface area contributed by atoms with Crippen LogP contribution >= 0.6 is 0 Å². The van der Waals surface area contributed by atoms with E-state index in [0.29, 0.717) is 0 Å². The van der Waals surface area contributed by atoms with E-state index in [1.807, 2.05) is 0 Å². The molecule has 3 heteroatoms. The van der Waals surface area contributed by atoms with E-state index >= 15 is 0 Å². The van der Waals surface area contributed by atoms with Gasteiger partial charge in [-0.1, -0.05) is 0 Å². The van der Waals surface area contributed by atoms with Gasteiger partial charge in [0.1, 0.15) is 0 Å². The third kappa shape index (κ3) is 1.08. The predicted molar refractivity (Wildman–Crippen MR) is 41.2 cm³/mol. The monoisotopic (exact) mass is 157 g/mol. The van der Waals surface area contributed by atoms with E-state index in [0.717, 1.165) is 25.9 Å². The topological polar surface area (TPSA) is 43.7 Å². The van der Waals surface area contributed by atoms with Gasteiger partial charge in [-0.05, 0) is 19.8 Å². The lowest BCUT2D eigenvalue weighted by Crippen LogP contribution is -2.34. The van der Waals surface area contributed by atoms with Gasteiger partial charge in [0.25, 0.3) is 0 Å². The molecule has 0 amide bonds. The Labute approximate surface area is 66.6 Å². The van der Waals surface area contributed by atoms with Crippen LogP contribution in [0.2, 0.25) is 0 Å². The van der Waals surface area contributed by atoms with E-state index in [-0.39, 0.29) is 17.7 Å². The second-order valence-electron chi connectivity index (χ2n) is 4.12. The van der Waals surface area contributed by atoms with Crippen LogP contribution in [0.5, 0.6) is 0 Å². The molecule has 0 spiro atoms. The van der Waals surface area contributed by atoms with Gasteiger partial charge in [-0.2, -0.15) is 0 Å². The summed E-state index contributed by atoms with van der Waals surface area (Å²) < 4.78 is 0. The molecule has 64 valence electrons. The molecule has 2 N–H and O–H groups in total. The maximum absolute atomic E-state index is 9.36. The molecule has 0 aromatic heterocycles. The van der Waals surface area contributed by atoms with Gasteiger partial charge in [0.2, 0.25) is 0 Å². The van der Waals surface area contributed by atoms with Crippen LogP contribution in [0.15, 0.2) is 0 Å². The number of aliphatic hydroxyl groups is 2. The number of fused-ring (bicyclic) bond motifs is 1. The molecule has 0 bridgehead atoms. The molecule has 0 aromatic rings. The van der Waals surface area contributed by atoms with Crippen molar-refractivity contribution >= 4 is 0 Å². The third-order valence-corrected chi connectivity index (χ3v) is 2.98. The van der Waals surface area contributed by atoms with E-state index in [2.05, 4.69) is 11.8 Å². The zero-order chi connectivity index (χ0) is 8.06. The smallest absolute Gasteiger partial charge is 0.0684 e. The lowest BCUT2D eigenvalue weighted by molar-refractivity contribution is 0.143. The summed E-state index contributed by atoms with van der Waals surface area (Å²) in [7, 11) is 0. The van der Waals surface area contributed by atoms with Crippen LogP contribution in [-0.4, -0.2) is 45.9 Å². The molecule has 2 unspecified atom stereocenters. The summed E-state index contributed by atoms with van der Waals surface area (Å²) in [5.74, 6) is 0. The number of hydrogen-bond acceptors (Lipinski definition) is 3. The minimum absolute atomic E-state index is 0.0822. The van der Waals surface area contributed by atoms with Crippen molar-refractivity contribution in [2.24, 2.45) is 0 Å². The van der Waals surface area contributed by atoms with Gasteiger partial charge < -0.3 is 10.2 Å². The normalized spacial score (nSPS) is 51.5. The van der Waals surface area contributed by atoms with Gasteiger partial charge in [-0.25, -0.2) is 0 Å². The molecule has 2 heterocycles. The van der Waals surface area contributed by atoms with Gasteiger partial charge in [-0.3, -0.25) is 4.90 Å². The van der Waals surface area contributed by atoms with E-state index < -0.39 is 0 Å². The number of nitrogens with zero attached hydrogens (tertiary/aromatic N) is 1. The SMILES string of the molecule is CC12CC(O)CN1CC(O)C2. The molecule has 0 aliphatic carbocycles. The Morgan fingerprint density at radius 1 is 1.18 bits per heavy atom. The molecule has 2 saturated heterocycles. The van der Waals surface area contributed by atoms with E-state index in [1.54, 1.807) is 0 Å². The number of rotatable bonds is 0. The summed E-state index contributed by atoms with van der Waals surface area (Å²) in [5.41, 5.74) is 0.0822. The molecule has 2 atom stereocenters. The first-order valence-corrected chi connectivity index (χ1v) is 4.21. The molecule has 11 heavy (non-hydrogen) atoms.